The van der Waals surface area contributed by atoms with E-state index in [-0.39, 0.29) is 44.5 Å². The maximum atomic E-state index is 14.0. The van der Waals surface area contributed by atoms with Crippen molar-refractivity contribution in [2.45, 2.75) is 105 Å². The third-order valence-corrected chi connectivity index (χ3v) is 11.5. The Bertz CT molecular complexity index is 1660. The number of hydrogen-bond donors (Lipinski definition) is 0. The molecule has 0 aromatic heterocycles. The van der Waals surface area contributed by atoms with E-state index in [0.29, 0.717) is 5.56 Å². The number of anilines is 3. The Hall–Kier alpha value is -2.58. The van der Waals surface area contributed by atoms with E-state index >= 15 is 0 Å². The monoisotopic (exact) mass is 819 g/mol. The van der Waals surface area contributed by atoms with Crippen LogP contribution in [0.5, 0.6) is 0 Å². The zero-order chi connectivity index (χ0) is 37.2. The Labute approximate surface area is 312 Å². The first-order chi connectivity index (χ1) is 23.4. The van der Waals surface area contributed by atoms with Gasteiger partial charge in [0.25, 0.3) is 0 Å². The number of benzene rings is 3. The van der Waals surface area contributed by atoms with Crippen LogP contribution in [-0.4, -0.2) is 40.2 Å². The van der Waals surface area contributed by atoms with Crippen molar-refractivity contribution in [1.29, 1.82) is 0 Å². The van der Waals surface area contributed by atoms with Crippen molar-refractivity contribution in [3.63, 3.8) is 0 Å². The van der Waals surface area contributed by atoms with Crippen molar-refractivity contribution < 1.29 is 39.0 Å². The molecule has 3 aromatic carbocycles. The van der Waals surface area contributed by atoms with Crippen molar-refractivity contribution in [1.82, 2.24) is 0 Å². The first kappa shape index (κ1) is 40.2. The topological polar surface area (TPSA) is 36.0 Å². The van der Waals surface area contributed by atoms with E-state index in [1.165, 1.54) is 39.7 Å². The quantitative estimate of drug-likeness (QED) is 0.151. The molecule has 0 radical (unpaired) electrons. The van der Waals surface area contributed by atoms with Gasteiger partial charge in [-0.3, -0.25) is 0 Å². The predicted molar refractivity (Wildman–Crippen MR) is 200 cm³/mol. The number of amides is 1. The standard InChI is InChI=1S/C27H38N2.C12H10Cl2F3NO2.Ru/c1-18(2)22-11-9-12-23(19(3)4)26(22)28-15-16-29(17-28)27-24(20(5)6)13-10-14-25(27)21(7)8;1-6(2)20-18(11(19)12(15,16)17)10-7(3)4-5-8(13)9(10)14;/h9-14,18-21H,15-16H2,1-8H3;3-6H,1-2H3;. The van der Waals surface area contributed by atoms with Crippen molar-refractivity contribution in [3.8, 4) is 0 Å². The number of nitrogens with zero attached hydrogens (tertiary/aromatic N) is 3. The fourth-order valence-corrected chi connectivity index (χ4v) is 8.78. The molecule has 0 saturated carbocycles. The van der Waals surface area contributed by atoms with Gasteiger partial charge < -0.3 is 0 Å². The molecule has 1 aliphatic rings. The molecule has 0 spiro atoms. The van der Waals surface area contributed by atoms with Crippen LogP contribution in [0.4, 0.5) is 30.2 Å². The molecule has 3 aromatic rings. The first-order valence-electron chi connectivity index (χ1n) is 17.0. The van der Waals surface area contributed by atoms with Gasteiger partial charge in [0.1, 0.15) is 0 Å². The third kappa shape index (κ3) is 8.54. The summed E-state index contributed by atoms with van der Waals surface area (Å²) in [5, 5.41) is 0.0816. The number of rotatable bonds is 10. The third-order valence-electron chi connectivity index (χ3n) is 8.50. The first-order valence-corrected chi connectivity index (χ1v) is 19.7. The molecule has 0 unspecified atom stereocenters. The molecule has 4 rings (SSSR count). The molecule has 5 nitrogen and oxygen atoms in total. The van der Waals surface area contributed by atoms with Crippen LogP contribution < -0.4 is 14.9 Å². The second kappa shape index (κ2) is 16.4. The van der Waals surface area contributed by atoms with Gasteiger partial charge in [-0.25, -0.2) is 0 Å². The summed E-state index contributed by atoms with van der Waals surface area (Å²) >= 11 is 12.2. The number of carbonyl (C=O) groups excluding carboxylic acids is 1. The average molecular weight is 820 g/mol. The molecule has 11 heteroatoms. The zero-order valence-electron chi connectivity index (χ0n) is 30.4. The van der Waals surface area contributed by atoms with Crippen LogP contribution in [0.3, 0.4) is 0 Å². The van der Waals surface area contributed by atoms with Gasteiger partial charge in [0.05, 0.1) is 0 Å². The molecule has 274 valence electrons. The minimum absolute atomic E-state index is 0.0126. The molecule has 1 aliphatic heterocycles. The Kier molecular flexibility index (Phi) is 13.2. The zero-order valence-corrected chi connectivity index (χ0v) is 33.6. The Morgan fingerprint density at radius 3 is 1.54 bits per heavy atom. The van der Waals surface area contributed by atoms with Crippen LogP contribution in [0.1, 0.15) is 121 Å². The normalized spacial score (nSPS) is 14.0. The molecule has 1 saturated heterocycles. The Morgan fingerprint density at radius 2 is 1.18 bits per heavy atom. The van der Waals surface area contributed by atoms with Crippen LogP contribution in [0, 0.1) is 0 Å². The summed E-state index contributed by atoms with van der Waals surface area (Å²) in [6.45, 7) is 22.1. The van der Waals surface area contributed by atoms with Crippen molar-refractivity contribution in [3.05, 3.63) is 86.4 Å². The number of alkyl halides is 3. The van der Waals surface area contributed by atoms with E-state index in [0.717, 1.165) is 17.4 Å². The predicted octanol–water partition coefficient (Wildman–Crippen LogP) is 11.1. The average Bonchev–Trinajstić information content (AvgIpc) is 3.45. The molecule has 1 fully saturated rings. The molecular weight excluding hydrogens is 771 g/mol. The van der Waals surface area contributed by atoms with Crippen LogP contribution in [-0.2, 0) is 25.9 Å². The SMILES string of the molecule is CC(C)ON(C(=O)C(F)(F)F)c1c([CH]=[Ru]=[C]2N(c3c(C(C)C)cccc3C(C)C)CCN2c2c(C(C)C)cccc2C(C)C)ccc(Cl)c1Cl. The van der Waals surface area contributed by atoms with Gasteiger partial charge >= 0.3 is 314 Å². The van der Waals surface area contributed by atoms with E-state index in [9.17, 15) is 18.0 Å². The number of para-hydroxylation sites is 2. The van der Waals surface area contributed by atoms with Crippen LogP contribution in [0.25, 0.3) is 0 Å². The van der Waals surface area contributed by atoms with Gasteiger partial charge in [0, 0.05) is 0 Å². The summed E-state index contributed by atoms with van der Waals surface area (Å²) in [5.41, 5.74) is 7.41. The van der Waals surface area contributed by atoms with Gasteiger partial charge in [-0.2, -0.15) is 0 Å². The molecule has 0 bridgehead atoms. The Balaban J connectivity index is 2.11. The van der Waals surface area contributed by atoms with E-state index in [2.05, 4.69) is 102 Å². The van der Waals surface area contributed by atoms with Gasteiger partial charge in [-0.1, -0.05) is 0 Å². The van der Waals surface area contributed by atoms with Gasteiger partial charge in [-0.15, -0.1) is 0 Å². The molecule has 1 amide bonds. The molecule has 0 atom stereocenters. The number of hydrogen-bond acceptors (Lipinski definition) is 4. The number of hydroxylamine groups is 1. The summed E-state index contributed by atoms with van der Waals surface area (Å²) in [5.74, 6) is -1.17. The summed E-state index contributed by atoms with van der Waals surface area (Å²) in [4.78, 5) is 23.1. The minimum atomic E-state index is -5.21. The maximum absolute atomic E-state index is 14.0. The Morgan fingerprint density at radius 1 is 0.760 bits per heavy atom. The molecule has 1 heterocycles. The van der Waals surface area contributed by atoms with E-state index < -0.39 is 34.4 Å². The summed E-state index contributed by atoms with van der Waals surface area (Å²) in [6, 6.07) is 16.1. The number of halogens is 5. The summed E-state index contributed by atoms with van der Waals surface area (Å²) < 4.78 is 44.8. The molecule has 0 N–H and O–H groups in total. The van der Waals surface area contributed by atoms with Gasteiger partial charge in [-0.05, 0) is 0 Å². The van der Waals surface area contributed by atoms with Crippen LogP contribution >= 0.6 is 23.2 Å². The van der Waals surface area contributed by atoms with Crippen LogP contribution in [0.15, 0.2) is 48.5 Å². The number of carbonyl (C=O) groups is 1. The second-order valence-corrected chi connectivity index (χ2v) is 16.6. The molecule has 0 aliphatic carbocycles. The van der Waals surface area contributed by atoms with Crippen molar-refractivity contribution >= 4 is 55.1 Å². The van der Waals surface area contributed by atoms with Gasteiger partial charge in [0.2, 0.25) is 0 Å². The van der Waals surface area contributed by atoms with Crippen molar-refractivity contribution in [2.75, 3.05) is 28.0 Å². The van der Waals surface area contributed by atoms with E-state index in [1.807, 2.05) is 4.61 Å². The van der Waals surface area contributed by atoms with E-state index in [1.54, 1.807) is 19.9 Å². The summed E-state index contributed by atoms with van der Waals surface area (Å²) in [7, 11) is 0. The fourth-order valence-electron chi connectivity index (χ4n) is 6.16. The fraction of sp³-hybridized carbons (Fsp3) is 0.462. The van der Waals surface area contributed by atoms with E-state index in [4.69, 9.17) is 28.0 Å². The van der Waals surface area contributed by atoms with Crippen LogP contribution in [0.2, 0.25) is 10.0 Å². The molecule has 50 heavy (non-hydrogen) atoms. The van der Waals surface area contributed by atoms with Crippen molar-refractivity contribution in [2.24, 2.45) is 0 Å². The van der Waals surface area contributed by atoms with Gasteiger partial charge in [0.15, 0.2) is 0 Å². The molecular formula is C39H48Cl2F3N3O2Ru. The summed E-state index contributed by atoms with van der Waals surface area (Å²) in [6.07, 6.45) is -5.96. The second-order valence-electron chi connectivity index (χ2n) is 14.0.